The Morgan fingerprint density at radius 2 is 2.11 bits per heavy atom. The van der Waals surface area contributed by atoms with Crippen LogP contribution in [-0.2, 0) is 0 Å². The molecule has 1 aromatic heterocycles. The molecule has 1 N–H and O–H groups in total. The van der Waals surface area contributed by atoms with Crippen LogP contribution in [0.15, 0.2) is 41.0 Å². The van der Waals surface area contributed by atoms with E-state index in [1.165, 1.54) is 36.5 Å². The van der Waals surface area contributed by atoms with Gasteiger partial charge >= 0.3 is 5.97 Å². The van der Waals surface area contributed by atoms with Crippen LogP contribution in [0.3, 0.4) is 0 Å². The van der Waals surface area contributed by atoms with Crippen LogP contribution in [0, 0.1) is 5.82 Å². The van der Waals surface area contributed by atoms with Crippen molar-refractivity contribution < 1.29 is 19.0 Å². The maximum atomic E-state index is 12.9. The first kappa shape index (κ1) is 12.5. The zero-order valence-corrected chi connectivity index (χ0v) is 10.5. The van der Waals surface area contributed by atoms with E-state index < -0.39 is 11.8 Å². The molecule has 0 saturated carbocycles. The standard InChI is InChI=1S/C12H7BrFNO3/c13-9-6-8(14)1-2-10(9)18-11-5-7(12(16)17)3-4-15-11/h1-6H,(H,16,17). The lowest BCUT2D eigenvalue weighted by atomic mass is 10.3. The smallest absolute Gasteiger partial charge is 0.335 e. The fourth-order valence-corrected chi connectivity index (χ4v) is 1.70. The van der Waals surface area contributed by atoms with Crippen LogP contribution >= 0.6 is 15.9 Å². The van der Waals surface area contributed by atoms with Crippen LogP contribution < -0.4 is 4.74 Å². The van der Waals surface area contributed by atoms with Crippen molar-refractivity contribution >= 4 is 21.9 Å². The molecule has 92 valence electrons. The zero-order valence-electron chi connectivity index (χ0n) is 8.93. The Morgan fingerprint density at radius 1 is 1.33 bits per heavy atom. The maximum Gasteiger partial charge on any atom is 0.335 e. The van der Waals surface area contributed by atoms with Gasteiger partial charge < -0.3 is 9.84 Å². The molecule has 0 bridgehead atoms. The minimum atomic E-state index is -1.07. The molecule has 0 atom stereocenters. The zero-order chi connectivity index (χ0) is 13.1. The van der Waals surface area contributed by atoms with Crippen molar-refractivity contribution in [2.75, 3.05) is 0 Å². The molecule has 18 heavy (non-hydrogen) atoms. The molecule has 0 unspecified atom stereocenters. The third-order valence-electron chi connectivity index (χ3n) is 2.09. The van der Waals surface area contributed by atoms with E-state index in [1.54, 1.807) is 0 Å². The Balaban J connectivity index is 2.28. The number of rotatable bonds is 3. The molecule has 1 heterocycles. The van der Waals surface area contributed by atoms with Gasteiger partial charge in [0.25, 0.3) is 0 Å². The number of aromatic nitrogens is 1. The van der Waals surface area contributed by atoms with E-state index in [0.29, 0.717) is 10.2 Å². The molecular weight excluding hydrogens is 305 g/mol. The van der Waals surface area contributed by atoms with Gasteiger partial charge in [-0.05, 0) is 40.2 Å². The monoisotopic (exact) mass is 311 g/mol. The van der Waals surface area contributed by atoms with E-state index in [9.17, 15) is 9.18 Å². The minimum Gasteiger partial charge on any atom is -0.478 e. The number of aromatic carboxylic acids is 1. The van der Waals surface area contributed by atoms with E-state index in [1.807, 2.05) is 0 Å². The van der Waals surface area contributed by atoms with E-state index in [0.717, 1.165) is 0 Å². The molecule has 0 aliphatic carbocycles. The number of hydrogen-bond donors (Lipinski definition) is 1. The number of nitrogens with zero attached hydrogens (tertiary/aromatic N) is 1. The number of carbonyl (C=O) groups is 1. The maximum absolute atomic E-state index is 12.9. The number of ether oxygens (including phenoxy) is 1. The number of hydrogen-bond acceptors (Lipinski definition) is 3. The second-order valence-corrected chi connectivity index (χ2v) is 4.22. The minimum absolute atomic E-state index is 0.0678. The van der Waals surface area contributed by atoms with Crippen LogP contribution in [-0.4, -0.2) is 16.1 Å². The van der Waals surface area contributed by atoms with Gasteiger partial charge in [0.1, 0.15) is 11.6 Å². The van der Waals surface area contributed by atoms with E-state index in [2.05, 4.69) is 20.9 Å². The molecule has 0 saturated heterocycles. The Kier molecular flexibility index (Phi) is 3.57. The van der Waals surface area contributed by atoms with Gasteiger partial charge in [-0.2, -0.15) is 0 Å². The predicted molar refractivity (Wildman–Crippen MR) is 65.4 cm³/mol. The highest BCUT2D eigenvalue weighted by Crippen LogP contribution is 2.29. The number of carboxylic acids is 1. The van der Waals surface area contributed by atoms with Crippen LogP contribution in [0.2, 0.25) is 0 Å². The van der Waals surface area contributed by atoms with Crippen LogP contribution in [0.5, 0.6) is 11.6 Å². The molecule has 0 aliphatic heterocycles. The normalized spacial score (nSPS) is 10.1. The van der Waals surface area contributed by atoms with Gasteiger partial charge in [-0.25, -0.2) is 14.2 Å². The van der Waals surface area contributed by atoms with Crippen molar-refractivity contribution in [1.29, 1.82) is 0 Å². The van der Waals surface area contributed by atoms with Gasteiger partial charge in [-0.1, -0.05) is 0 Å². The highest BCUT2D eigenvalue weighted by molar-refractivity contribution is 9.10. The lowest BCUT2D eigenvalue weighted by molar-refractivity contribution is 0.0696. The summed E-state index contributed by atoms with van der Waals surface area (Å²) in [6.07, 6.45) is 1.33. The van der Waals surface area contributed by atoms with Crippen molar-refractivity contribution in [3.63, 3.8) is 0 Å². The molecule has 0 spiro atoms. The Bertz CT molecular complexity index is 604. The highest BCUT2D eigenvalue weighted by atomic mass is 79.9. The molecule has 0 fully saturated rings. The quantitative estimate of drug-likeness (QED) is 0.943. The molecule has 2 aromatic rings. The van der Waals surface area contributed by atoms with Crippen LogP contribution in [0.25, 0.3) is 0 Å². The first-order valence-electron chi connectivity index (χ1n) is 4.88. The number of pyridine rings is 1. The summed E-state index contributed by atoms with van der Waals surface area (Å²) in [4.78, 5) is 14.7. The second kappa shape index (κ2) is 5.14. The third kappa shape index (κ3) is 2.84. The molecule has 0 radical (unpaired) electrons. The summed E-state index contributed by atoms with van der Waals surface area (Å²) in [6, 6.07) is 6.55. The third-order valence-corrected chi connectivity index (χ3v) is 2.71. The van der Waals surface area contributed by atoms with Crippen molar-refractivity contribution in [3.8, 4) is 11.6 Å². The number of carboxylic acid groups (broad SMARTS) is 1. The lowest BCUT2D eigenvalue weighted by Crippen LogP contribution is -1.97. The first-order chi connectivity index (χ1) is 8.56. The molecular formula is C12H7BrFNO3. The van der Waals surface area contributed by atoms with Crippen molar-refractivity contribution in [2.24, 2.45) is 0 Å². The fraction of sp³-hybridized carbons (Fsp3) is 0. The summed E-state index contributed by atoms with van der Waals surface area (Å²) in [5, 5.41) is 8.82. The summed E-state index contributed by atoms with van der Waals surface area (Å²) in [6.45, 7) is 0. The van der Waals surface area contributed by atoms with E-state index in [4.69, 9.17) is 9.84 Å². The predicted octanol–water partition coefficient (Wildman–Crippen LogP) is 3.47. The molecule has 2 rings (SSSR count). The number of halogens is 2. The lowest BCUT2D eigenvalue weighted by Gasteiger charge is -2.07. The van der Waals surface area contributed by atoms with E-state index >= 15 is 0 Å². The summed E-state index contributed by atoms with van der Waals surface area (Å²) in [7, 11) is 0. The summed E-state index contributed by atoms with van der Waals surface area (Å²) in [5.41, 5.74) is 0.0678. The number of benzene rings is 1. The Labute approximate surface area is 110 Å². The largest absolute Gasteiger partial charge is 0.478 e. The summed E-state index contributed by atoms with van der Waals surface area (Å²) >= 11 is 3.14. The Morgan fingerprint density at radius 3 is 2.78 bits per heavy atom. The summed E-state index contributed by atoms with van der Waals surface area (Å²) in [5.74, 6) is -0.990. The van der Waals surface area contributed by atoms with Gasteiger partial charge in [0.05, 0.1) is 10.0 Å². The SMILES string of the molecule is O=C(O)c1ccnc(Oc2ccc(F)cc2Br)c1. The second-order valence-electron chi connectivity index (χ2n) is 3.36. The van der Waals surface area contributed by atoms with Crippen LogP contribution in [0.1, 0.15) is 10.4 Å². The molecule has 0 aliphatic rings. The van der Waals surface area contributed by atoms with Gasteiger partial charge in [-0.15, -0.1) is 0 Å². The van der Waals surface area contributed by atoms with Gasteiger partial charge in [0.2, 0.25) is 5.88 Å². The molecule has 6 heteroatoms. The average Bonchev–Trinajstić information content (AvgIpc) is 2.33. The first-order valence-corrected chi connectivity index (χ1v) is 5.68. The molecule has 1 aromatic carbocycles. The van der Waals surface area contributed by atoms with E-state index in [-0.39, 0.29) is 11.4 Å². The van der Waals surface area contributed by atoms with Gasteiger partial charge in [0, 0.05) is 12.3 Å². The fourth-order valence-electron chi connectivity index (χ4n) is 1.27. The molecule has 0 amide bonds. The van der Waals surface area contributed by atoms with Gasteiger partial charge in [0.15, 0.2) is 0 Å². The van der Waals surface area contributed by atoms with Crippen LogP contribution in [0.4, 0.5) is 4.39 Å². The average molecular weight is 312 g/mol. The van der Waals surface area contributed by atoms with Gasteiger partial charge in [-0.3, -0.25) is 0 Å². The Hall–Kier alpha value is -1.95. The van der Waals surface area contributed by atoms with Crippen molar-refractivity contribution in [1.82, 2.24) is 4.98 Å². The summed E-state index contributed by atoms with van der Waals surface area (Å²) < 4.78 is 18.7. The topological polar surface area (TPSA) is 59.4 Å². The highest BCUT2D eigenvalue weighted by Gasteiger charge is 2.08. The van der Waals surface area contributed by atoms with Crippen molar-refractivity contribution in [2.45, 2.75) is 0 Å². The molecule has 4 nitrogen and oxygen atoms in total. The van der Waals surface area contributed by atoms with Crippen molar-refractivity contribution in [3.05, 3.63) is 52.4 Å².